The van der Waals surface area contributed by atoms with Crippen LogP contribution in [0.15, 0.2) is 24.3 Å². The molecule has 0 aliphatic rings. The molecule has 0 heterocycles. The summed E-state index contributed by atoms with van der Waals surface area (Å²) in [6, 6.07) is 7.32. The summed E-state index contributed by atoms with van der Waals surface area (Å²) in [6.07, 6.45) is 0.856. The molecule has 1 aromatic carbocycles. The molecule has 1 atom stereocenters. The quantitative estimate of drug-likeness (QED) is 0.721. The first-order chi connectivity index (χ1) is 7.96. The maximum Gasteiger partial charge on any atom is 0.115 e. The number of benzene rings is 1. The summed E-state index contributed by atoms with van der Waals surface area (Å²) in [5, 5.41) is 9.68. The van der Waals surface area contributed by atoms with Gasteiger partial charge in [0.15, 0.2) is 0 Å². The highest BCUT2D eigenvalue weighted by Crippen LogP contribution is 2.52. The fourth-order valence-electron chi connectivity index (χ4n) is 2.28. The van der Waals surface area contributed by atoms with Crippen LogP contribution in [-0.4, -0.2) is 5.11 Å². The van der Waals surface area contributed by atoms with Crippen molar-refractivity contribution in [1.29, 1.82) is 0 Å². The van der Waals surface area contributed by atoms with Gasteiger partial charge in [-0.25, -0.2) is 0 Å². The second-order valence-corrected chi connectivity index (χ2v) is 7.98. The molecule has 1 unspecified atom stereocenters. The van der Waals surface area contributed by atoms with Crippen LogP contribution >= 0.6 is 11.6 Å². The second-order valence-electron chi connectivity index (χ2n) is 7.34. The molecule has 18 heavy (non-hydrogen) atoms. The van der Waals surface area contributed by atoms with Gasteiger partial charge in [0.25, 0.3) is 0 Å². The molecule has 0 fully saturated rings. The topological polar surface area (TPSA) is 20.2 Å². The number of aromatic hydroxyl groups is 1. The number of halogens is 1. The van der Waals surface area contributed by atoms with Crippen molar-refractivity contribution in [2.75, 3.05) is 0 Å². The Bertz CT molecular complexity index is 412. The molecule has 0 bridgehead atoms. The Labute approximate surface area is 116 Å². The highest BCUT2D eigenvalue weighted by Gasteiger charge is 2.44. The van der Waals surface area contributed by atoms with E-state index in [1.54, 1.807) is 12.1 Å². The maximum atomic E-state index is 9.68. The van der Waals surface area contributed by atoms with Crippen molar-refractivity contribution >= 4 is 11.6 Å². The van der Waals surface area contributed by atoms with Crippen LogP contribution in [-0.2, 0) is 4.87 Å². The highest BCUT2D eigenvalue weighted by atomic mass is 35.5. The minimum atomic E-state index is -0.482. The van der Waals surface area contributed by atoms with E-state index in [0.29, 0.717) is 0 Å². The summed E-state index contributed by atoms with van der Waals surface area (Å²) < 4.78 is 0. The van der Waals surface area contributed by atoms with Gasteiger partial charge in [-0.05, 0) is 34.9 Å². The third-order valence-corrected chi connectivity index (χ3v) is 4.19. The third kappa shape index (κ3) is 3.41. The van der Waals surface area contributed by atoms with E-state index in [-0.39, 0.29) is 16.6 Å². The number of phenolic OH excluding ortho intramolecular Hbond substituents is 1. The van der Waals surface area contributed by atoms with Crippen LogP contribution in [0.5, 0.6) is 5.75 Å². The summed E-state index contributed by atoms with van der Waals surface area (Å²) in [5.74, 6) is 0.274. The average molecular weight is 269 g/mol. The van der Waals surface area contributed by atoms with Gasteiger partial charge in [-0.2, -0.15) is 0 Å². The number of phenols is 1. The zero-order valence-electron chi connectivity index (χ0n) is 12.3. The van der Waals surface area contributed by atoms with Crippen molar-refractivity contribution in [3.63, 3.8) is 0 Å². The molecule has 0 aliphatic heterocycles. The molecule has 0 saturated carbocycles. The Morgan fingerprint density at radius 2 is 1.61 bits per heavy atom. The van der Waals surface area contributed by atoms with Crippen molar-refractivity contribution in [2.45, 2.75) is 52.8 Å². The Balaban J connectivity index is 3.30. The minimum Gasteiger partial charge on any atom is -0.508 e. The number of hydrogen-bond acceptors (Lipinski definition) is 1. The fourth-order valence-corrected chi connectivity index (χ4v) is 2.80. The van der Waals surface area contributed by atoms with E-state index in [9.17, 15) is 5.11 Å². The maximum absolute atomic E-state index is 9.68. The lowest BCUT2D eigenvalue weighted by atomic mass is 9.68. The predicted molar refractivity (Wildman–Crippen MR) is 79.2 cm³/mol. The van der Waals surface area contributed by atoms with Crippen molar-refractivity contribution in [1.82, 2.24) is 0 Å². The van der Waals surface area contributed by atoms with Crippen molar-refractivity contribution in [2.24, 2.45) is 10.8 Å². The van der Waals surface area contributed by atoms with Crippen LogP contribution < -0.4 is 0 Å². The van der Waals surface area contributed by atoms with Gasteiger partial charge in [0.2, 0.25) is 0 Å². The molecular formula is C16H25ClO. The monoisotopic (exact) mass is 268 g/mol. The van der Waals surface area contributed by atoms with Gasteiger partial charge in [0.05, 0.1) is 4.87 Å². The molecule has 1 rings (SSSR count). The summed E-state index contributed by atoms with van der Waals surface area (Å²) in [7, 11) is 0. The Hall–Kier alpha value is -0.690. The van der Waals surface area contributed by atoms with Crippen LogP contribution in [0.1, 0.15) is 53.5 Å². The van der Waals surface area contributed by atoms with Crippen molar-refractivity contribution in [3.8, 4) is 5.75 Å². The first-order valence-corrected chi connectivity index (χ1v) is 6.82. The molecule has 0 saturated heterocycles. The molecule has 0 amide bonds. The lowest BCUT2D eigenvalue weighted by Crippen LogP contribution is -2.38. The van der Waals surface area contributed by atoms with Crippen LogP contribution in [0.3, 0.4) is 0 Å². The lowest BCUT2D eigenvalue weighted by Gasteiger charge is -2.44. The standard InChI is InChI=1S/C16H25ClO/c1-14(2,3)11-16(17,15(4,5)6)12-8-7-9-13(18)10-12/h7-10,18H,11H2,1-6H3. The number of alkyl halides is 1. The van der Waals surface area contributed by atoms with E-state index in [2.05, 4.69) is 41.5 Å². The van der Waals surface area contributed by atoms with E-state index < -0.39 is 4.87 Å². The predicted octanol–water partition coefficient (Wildman–Crippen LogP) is 5.31. The molecule has 0 radical (unpaired) electrons. The smallest absolute Gasteiger partial charge is 0.115 e. The summed E-state index contributed by atoms with van der Waals surface area (Å²) >= 11 is 6.99. The molecular weight excluding hydrogens is 244 g/mol. The van der Waals surface area contributed by atoms with Gasteiger partial charge in [0.1, 0.15) is 5.75 Å². The zero-order valence-corrected chi connectivity index (χ0v) is 13.1. The largest absolute Gasteiger partial charge is 0.508 e. The van der Waals surface area contributed by atoms with E-state index >= 15 is 0 Å². The van der Waals surface area contributed by atoms with Crippen LogP contribution in [0.2, 0.25) is 0 Å². The molecule has 0 aromatic heterocycles. The van der Waals surface area contributed by atoms with Gasteiger partial charge < -0.3 is 5.11 Å². The molecule has 2 heteroatoms. The molecule has 1 N–H and O–H groups in total. The van der Waals surface area contributed by atoms with Crippen LogP contribution in [0, 0.1) is 10.8 Å². The van der Waals surface area contributed by atoms with Gasteiger partial charge in [-0.15, -0.1) is 11.6 Å². The van der Waals surface area contributed by atoms with Gasteiger partial charge >= 0.3 is 0 Å². The summed E-state index contributed by atoms with van der Waals surface area (Å²) in [5.41, 5.74) is 1.03. The average Bonchev–Trinajstić information content (AvgIpc) is 2.13. The van der Waals surface area contributed by atoms with Crippen molar-refractivity contribution < 1.29 is 5.11 Å². The first-order valence-electron chi connectivity index (χ1n) is 6.44. The number of hydrogen-bond donors (Lipinski definition) is 1. The fraction of sp³-hybridized carbons (Fsp3) is 0.625. The van der Waals surface area contributed by atoms with E-state index in [4.69, 9.17) is 11.6 Å². The molecule has 0 aliphatic carbocycles. The van der Waals surface area contributed by atoms with Crippen molar-refractivity contribution in [3.05, 3.63) is 29.8 Å². The lowest BCUT2D eigenvalue weighted by molar-refractivity contribution is 0.192. The van der Waals surface area contributed by atoms with E-state index in [1.807, 2.05) is 12.1 Å². The Morgan fingerprint density at radius 3 is 2.00 bits per heavy atom. The Kier molecular flexibility index (Phi) is 4.07. The second kappa shape index (κ2) is 4.77. The minimum absolute atomic E-state index is 0.0877. The van der Waals surface area contributed by atoms with Gasteiger partial charge in [-0.1, -0.05) is 53.7 Å². The summed E-state index contributed by atoms with van der Waals surface area (Å²) in [6.45, 7) is 13.0. The molecule has 1 nitrogen and oxygen atoms in total. The third-order valence-electron chi connectivity index (χ3n) is 3.27. The normalized spacial score (nSPS) is 16.4. The SMILES string of the molecule is CC(C)(C)CC(Cl)(c1cccc(O)c1)C(C)(C)C. The highest BCUT2D eigenvalue weighted by molar-refractivity contribution is 6.24. The Morgan fingerprint density at radius 1 is 1.06 bits per heavy atom. The van der Waals surface area contributed by atoms with Gasteiger partial charge in [-0.3, -0.25) is 0 Å². The summed E-state index contributed by atoms with van der Waals surface area (Å²) in [4.78, 5) is -0.482. The zero-order chi connectivity index (χ0) is 14.2. The first kappa shape index (κ1) is 15.4. The van der Waals surface area contributed by atoms with E-state index in [0.717, 1.165) is 12.0 Å². The number of rotatable bonds is 2. The molecule has 1 aromatic rings. The van der Waals surface area contributed by atoms with Crippen LogP contribution in [0.4, 0.5) is 0 Å². The molecule has 0 spiro atoms. The van der Waals surface area contributed by atoms with Gasteiger partial charge in [0, 0.05) is 0 Å². The molecule has 102 valence electrons. The van der Waals surface area contributed by atoms with E-state index in [1.165, 1.54) is 0 Å². The van der Waals surface area contributed by atoms with Crippen LogP contribution in [0.25, 0.3) is 0 Å².